The maximum absolute atomic E-state index is 11.3. The first-order valence-electron chi connectivity index (χ1n) is 11.1. The number of nitrogens with two attached hydrogens (primary N) is 2. The third-order valence-corrected chi connectivity index (χ3v) is 6.77. The summed E-state index contributed by atoms with van der Waals surface area (Å²) >= 11 is 1.49. The van der Waals surface area contributed by atoms with E-state index in [9.17, 15) is 19.8 Å². The molecule has 37 heavy (non-hydrogen) atoms. The van der Waals surface area contributed by atoms with Crippen LogP contribution in [0.5, 0.6) is 0 Å². The highest BCUT2D eigenvalue weighted by Gasteiger charge is 2.18. The van der Waals surface area contributed by atoms with E-state index in [1.54, 1.807) is 24.3 Å². The molecule has 182 valence electrons. The normalized spacial score (nSPS) is 10.8. The Hall–Kier alpha value is -5.02. The fourth-order valence-electron chi connectivity index (χ4n) is 3.91. The molecular formula is C28H20N4O4S. The number of benzene rings is 3. The van der Waals surface area contributed by atoms with Gasteiger partial charge in [-0.2, -0.15) is 0 Å². The average molecular weight is 509 g/mol. The number of anilines is 2. The van der Waals surface area contributed by atoms with Gasteiger partial charge in [-0.05, 0) is 42.0 Å². The molecule has 0 unspecified atom stereocenters. The molecule has 0 spiro atoms. The fraction of sp³-hybridized carbons (Fsp3) is 0. The predicted molar refractivity (Wildman–Crippen MR) is 144 cm³/mol. The molecule has 0 aliphatic carbocycles. The number of nitrogens with zero attached hydrogens (tertiary/aromatic N) is 2. The molecule has 5 rings (SSSR count). The number of aromatic nitrogens is 2. The van der Waals surface area contributed by atoms with Crippen molar-refractivity contribution in [3.8, 4) is 44.2 Å². The Morgan fingerprint density at radius 1 is 0.568 bits per heavy atom. The highest BCUT2D eigenvalue weighted by Crippen LogP contribution is 2.36. The first-order chi connectivity index (χ1) is 17.8. The van der Waals surface area contributed by atoms with Gasteiger partial charge in [0, 0.05) is 21.6 Å². The van der Waals surface area contributed by atoms with Crippen molar-refractivity contribution in [2.45, 2.75) is 0 Å². The van der Waals surface area contributed by atoms with Gasteiger partial charge < -0.3 is 21.7 Å². The molecule has 2 aromatic heterocycles. The van der Waals surface area contributed by atoms with E-state index in [-0.39, 0.29) is 16.9 Å². The minimum Gasteiger partial charge on any atom is -0.478 e. The van der Waals surface area contributed by atoms with Crippen LogP contribution >= 0.6 is 11.3 Å². The highest BCUT2D eigenvalue weighted by atomic mass is 32.1. The SMILES string of the molecule is Nc1ccc(-c2ccc(-c3nc(-c4ccc(C(=O)O)cc4)c(N)nc3-c3ccc(C(=O)O)cc3)cc2)s1. The minimum atomic E-state index is -1.03. The average Bonchev–Trinajstić information content (AvgIpc) is 3.35. The molecule has 6 N–H and O–H groups in total. The molecule has 0 fully saturated rings. The van der Waals surface area contributed by atoms with E-state index in [4.69, 9.17) is 16.5 Å². The number of rotatable bonds is 6. The molecule has 0 radical (unpaired) electrons. The Morgan fingerprint density at radius 3 is 1.46 bits per heavy atom. The van der Waals surface area contributed by atoms with Crippen molar-refractivity contribution in [1.29, 1.82) is 0 Å². The Kier molecular flexibility index (Phi) is 6.12. The molecule has 2 heterocycles. The molecule has 0 aliphatic heterocycles. The molecule has 0 aliphatic rings. The number of carboxylic acid groups (broad SMARTS) is 2. The summed E-state index contributed by atoms with van der Waals surface area (Å²) in [6.45, 7) is 0. The molecule has 0 saturated carbocycles. The van der Waals surface area contributed by atoms with E-state index in [0.29, 0.717) is 28.2 Å². The van der Waals surface area contributed by atoms with Crippen molar-refractivity contribution in [2.24, 2.45) is 0 Å². The monoisotopic (exact) mass is 508 g/mol. The van der Waals surface area contributed by atoms with E-state index >= 15 is 0 Å². The van der Waals surface area contributed by atoms with Gasteiger partial charge in [0.2, 0.25) is 0 Å². The van der Waals surface area contributed by atoms with Crippen LogP contribution in [0, 0.1) is 0 Å². The summed E-state index contributed by atoms with van der Waals surface area (Å²) in [6.07, 6.45) is 0. The maximum atomic E-state index is 11.3. The molecule has 5 aromatic rings. The first kappa shape index (κ1) is 23.7. The lowest BCUT2D eigenvalue weighted by Gasteiger charge is -2.14. The molecule has 8 nitrogen and oxygen atoms in total. The van der Waals surface area contributed by atoms with Gasteiger partial charge >= 0.3 is 11.9 Å². The van der Waals surface area contributed by atoms with Gasteiger partial charge in [0.05, 0.1) is 27.5 Å². The summed E-state index contributed by atoms with van der Waals surface area (Å²) in [4.78, 5) is 33.1. The van der Waals surface area contributed by atoms with Crippen LogP contribution in [-0.2, 0) is 0 Å². The quantitative estimate of drug-likeness (QED) is 0.226. The second-order valence-corrected chi connectivity index (χ2v) is 9.31. The molecule has 3 aromatic carbocycles. The number of nitrogen functional groups attached to an aromatic ring is 2. The molecule has 9 heteroatoms. The highest BCUT2D eigenvalue weighted by molar-refractivity contribution is 7.19. The van der Waals surface area contributed by atoms with Crippen LogP contribution < -0.4 is 11.5 Å². The predicted octanol–water partition coefficient (Wildman–Crippen LogP) is 5.77. The Morgan fingerprint density at radius 2 is 1.00 bits per heavy atom. The second kappa shape index (κ2) is 9.56. The van der Waals surface area contributed by atoms with Crippen LogP contribution in [0.4, 0.5) is 10.8 Å². The van der Waals surface area contributed by atoms with E-state index in [1.165, 1.54) is 35.6 Å². The lowest BCUT2D eigenvalue weighted by atomic mass is 10.0. The van der Waals surface area contributed by atoms with Crippen LogP contribution in [-0.4, -0.2) is 32.1 Å². The number of aromatic carboxylic acids is 2. The van der Waals surface area contributed by atoms with Crippen LogP contribution in [0.25, 0.3) is 44.2 Å². The second-order valence-electron chi connectivity index (χ2n) is 8.20. The fourth-order valence-corrected chi connectivity index (χ4v) is 4.69. The van der Waals surface area contributed by atoms with Crippen LogP contribution in [0.15, 0.2) is 84.9 Å². The summed E-state index contributed by atoms with van der Waals surface area (Å²) in [5.41, 5.74) is 17.0. The smallest absolute Gasteiger partial charge is 0.335 e. The third kappa shape index (κ3) is 4.75. The topological polar surface area (TPSA) is 152 Å². The summed E-state index contributed by atoms with van der Waals surface area (Å²) in [7, 11) is 0. The zero-order chi connectivity index (χ0) is 26.1. The van der Waals surface area contributed by atoms with Gasteiger partial charge in [0.25, 0.3) is 0 Å². The van der Waals surface area contributed by atoms with Gasteiger partial charge in [0.15, 0.2) is 5.82 Å². The van der Waals surface area contributed by atoms with Crippen molar-refractivity contribution >= 4 is 34.1 Å². The third-order valence-electron chi connectivity index (χ3n) is 5.80. The summed E-state index contributed by atoms with van der Waals surface area (Å²) in [5.74, 6) is -1.89. The standard InChI is InChI=1S/C28H20N4O4S/c29-22-14-13-21(37-22)15-1-3-16(4-2-15)23-24(17-5-9-19(10-6-17)27(33)34)32-26(30)25(31-23)18-7-11-20(12-8-18)28(35)36/h1-14H,29H2,(H2,30,32)(H,33,34)(H,35,36). The number of hydrogen-bond acceptors (Lipinski definition) is 7. The first-order valence-corrected chi connectivity index (χ1v) is 11.9. The number of carboxylic acids is 2. The maximum Gasteiger partial charge on any atom is 0.335 e. The zero-order valence-electron chi connectivity index (χ0n) is 19.3. The van der Waals surface area contributed by atoms with E-state index < -0.39 is 11.9 Å². The Balaban J connectivity index is 1.64. The van der Waals surface area contributed by atoms with Crippen molar-refractivity contribution in [3.05, 3.63) is 96.1 Å². The lowest BCUT2D eigenvalue weighted by Crippen LogP contribution is -2.04. The van der Waals surface area contributed by atoms with Gasteiger partial charge in [-0.3, -0.25) is 0 Å². The van der Waals surface area contributed by atoms with Crippen molar-refractivity contribution < 1.29 is 19.8 Å². The van der Waals surface area contributed by atoms with Crippen molar-refractivity contribution in [1.82, 2.24) is 9.97 Å². The Bertz CT molecular complexity index is 1630. The van der Waals surface area contributed by atoms with Crippen LogP contribution in [0.1, 0.15) is 20.7 Å². The van der Waals surface area contributed by atoms with Gasteiger partial charge in [-0.1, -0.05) is 48.5 Å². The van der Waals surface area contributed by atoms with Crippen molar-refractivity contribution in [3.63, 3.8) is 0 Å². The molecule has 0 saturated heterocycles. The minimum absolute atomic E-state index is 0.149. The lowest BCUT2D eigenvalue weighted by molar-refractivity contribution is 0.0686. The van der Waals surface area contributed by atoms with Crippen molar-refractivity contribution in [2.75, 3.05) is 11.5 Å². The number of thiophene rings is 1. The van der Waals surface area contributed by atoms with Gasteiger partial charge in [-0.25, -0.2) is 19.6 Å². The molecule has 0 amide bonds. The van der Waals surface area contributed by atoms with Crippen LogP contribution in [0.2, 0.25) is 0 Å². The largest absolute Gasteiger partial charge is 0.478 e. The summed E-state index contributed by atoms with van der Waals surface area (Å²) < 4.78 is 0. The van der Waals surface area contributed by atoms with Gasteiger partial charge in [-0.15, -0.1) is 11.3 Å². The molecule has 0 bridgehead atoms. The van der Waals surface area contributed by atoms with E-state index in [1.807, 2.05) is 36.4 Å². The van der Waals surface area contributed by atoms with Gasteiger partial charge in [0.1, 0.15) is 5.69 Å². The van der Waals surface area contributed by atoms with Crippen LogP contribution in [0.3, 0.4) is 0 Å². The zero-order valence-corrected chi connectivity index (χ0v) is 20.1. The summed E-state index contributed by atoms with van der Waals surface area (Å²) in [5, 5.41) is 19.2. The number of hydrogen-bond donors (Lipinski definition) is 4. The molecular weight excluding hydrogens is 488 g/mol. The Labute approximate surface area is 215 Å². The number of carbonyl (C=O) groups is 2. The molecule has 0 atom stereocenters. The van der Waals surface area contributed by atoms with E-state index in [0.717, 1.165) is 21.0 Å². The summed E-state index contributed by atoms with van der Waals surface area (Å²) in [6, 6.07) is 24.2. The van der Waals surface area contributed by atoms with E-state index in [2.05, 4.69) is 4.98 Å².